The highest BCUT2D eigenvalue weighted by Gasteiger charge is 2.38. The van der Waals surface area contributed by atoms with E-state index in [2.05, 4.69) is 5.32 Å². The summed E-state index contributed by atoms with van der Waals surface area (Å²) < 4.78 is 18.6. The molecule has 6 rings (SSSR count). The summed E-state index contributed by atoms with van der Waals surface area (Å²) in [6, 6.07) is 14.0. The Labute approximate surface area is 223 Å². The second-order valence-electron chi connectivity index (χ2n) is 11.3. The molecule has 2 fully saturated rings. The Hall–Kier alpha value is -3.52. The van der Waals surface area contributed by atoms with Gasteiger partial charge in [-0.3, -0.25) is 10.0 Å². The lowest BCUT2D eigenvalue weighted by atomic mass is 9.85. The van der Waals surface area contributed by atoms with E-state index in [0.717, 1.165) is 21.9 Å². The zero-order chi connectivity index (χ0) is 26.4. The molecule has 200 valence electrons. The zero-order valence-electron chi connectivity index (χ0n) is 22.3. The molecule has 1 amide bonds. The van der Waals surface area contributed by atoms with E-state index in [1.54, 1.807) is 25.4 Å². The van der Waals surface area contributed by atoms with Crippen LogP contribution in [-0.4, -0.2) is 47.5 Å². The van der Waals surface area contributed by atoms with Gasteiger partial charge in [0.05, 0.1) is 12.5 Å². The smallest absolute Gasteiger partial charge is 0.254 e. The van der Waals surface area contributed by atoms with Crippen molar-refractivity contribution >= 4 is 16.7 Å². The third kappa shape index (κ3) is 4.73. The first kappa shape index (κ1) is 24.8. The van der Waals surface area contributed by atoms with Crippen LogP contribution in [0.2, 0.25) is 0 Å². The third-order valence-electron chi connectivity index (χ3n) is 8.09. The molecule has 1 unspecified atom stereocenters. The van der Waals surface area contributed by atoms with Crippen molar-refractivity contribution in [3.63, 3.8) is 0 Å². The molecule has 3 aromatic rings. The van der Waals surface area contributed by atoms with Gasteiger partial charge in [-0.25, -0.2) is 0 Å². The summed E-state index contributed by atoms with van der Waals surface area (Å²) in [5, 5.41) is 16.6. The number of nitrogens with one attached hydrogen (secondary N) is 1. The van der Waals surface area contributed by atoms with E-state index in [1.165, 1.54) is 25.7 Å². The summed E-state index contributed by atoms with van der Waals surface area (Å²) in [4.78, 5) is 15.9. The standard InChI is InChI=1S/C30H36N3O5/c1-30(2)37-27-15-22(14-26(36-3)28(27)38-30)29(34)32(17-23-12-20-9-6-7-11-25(20)31-23)18-24-13-19-8-4-5-10-21(19)16-33(24)35/h4-5,8,10,13-16,20,23,25,31,35H,6-7,9,11-12,17-18H2,1-3H3/q+1/t20?,23-,25-/m0/s1. The van der Waals surface area contributed by atoms with Crippen LogP contribution >= 0.6 is 0 Å². The van der Waals surface area contributed by atoms with Crippen LogP contribution in [0.25, 0.3) is 10.8 Å². The van der Waals surface area contributed by atoms with Gasteiger partial charge in [-0.2, -0.15) is 0 Å². The number of carbonyl (C=O) groups is 1. The van der Waals surface area contributed by atoms with Gasteiger partial charge in [-0.1, -0.05) is 31.0 Å². The van der Waals surface area contributed by atoms with Gasteiger partial charge in [0.25, 0.3) is 11.6 Å². The van der Waals surface area contributed by atoms with E-state index in [4.69, 9.17) is 14.2 Å². The van der Waals surface area contributed by atoms with E-state index in [-0.39, 0.29) is 18.5 Å². The molecular formula is C30H36N3O5+. The van der Waals surface area contributed by atoms with Crippen molar-refractivity contribution in [1.29, 1.82) is 0 Å². The summed E-state index contributed by atoms with van der Waals surface area (Å²) in [5.74, 6) is 1.14. The van der Waals surface area contributed by atoms with E-state index in [0.29, 0.717) is 47.0 Å². The van der Waals surface area contributed by atoms with Gasteiger partial charge in [0.1, 0.15) is 6.54 Å². The van der Waals surface area contributed by atoms with Gasteiger partial charge in [0.15, 0.2) is 11.5 Å². The molecule has 1 aliphatic carbocycles. The number of aromatic nitrogens is 1. The van der Waals surface area contributed by atoms with Crippen LogP contribution in [0.1, 0.15) is 62.0 Å². The fourth-order valence-electron chi connectivity index (χ4n) is 6.33. The minimum Gasteiger partial charge on any atom is -0.493 e. The maximum Gasteiger partial charge on any atom is 0.254 e. The number of methoxy groups -OCH3 is 1. The minimum atomic E-state index is -0.839. The number of benzene rings is 2. The number of pyridine rings is 1. The normalized spacial score (nSPS) is 23.3. The van der Waals surface area contributed by atoms with E-state index in [1.807, 2.05) is 49.1 Å². The molecule has 8 heteroatoms. The number of amides is 1. The zero-order valence-corrected chi connectivity index (χ0v) is 22.3. The summed E-state index contributed by atoms with van der Waals surface area (Å²) in [6.07, 6.45) is 7.75. The van der Waals surface area contributed by atoms with Crippen LogP contribution in [-0.2, 0) is 6.54 Å². The molecule has 0 bridgehead atoms. The van der Waals surface area contributed by atoms with Crippen LogP contribution in [0.15, 0.2) is 48.7 Å². The monoisotopic (exact) mass is 518 g/mol. The number of fused-ring (bicyclic) bond motifs is 3. The lowest BCUT2D eigenvalue weighted by Crippen LogP contribution is -2.45. The number of hydrogen-bond acceptors (Lipinski definition) is 6. The molecule has 3 heterocycles. The average molecular weight is 519 g/mol. The Balaban J connectivity index is 1.33. The van der Waals surface area contributed by atoms with Crippen molar-refractivity contribution < 1.29 is 28.9 Å². The van der Waals surface area contributed by atoms with Gasteiger partial charge in [-0.05, 0) is 48.8 Å². The van der Waals surface area contributed by atoms with Crippen LogP contribution < -0.4 is 24.3 Å². The molecule has 1 saturated heterocycles. The van der Waals surface area contributed by atoms with E-state index in [9.17, 15) is 10.0 Å². The summed E-state index contributed by atoms with van der Waals surface area (Å²) >= 11 is 0. The topological polar surface area (TPSA) is 84.1 Å². The Bertz CT molecular complexity index is 1360. The molecule has 0 radical (unpaired) electrons. The van der Waals surface area contributed by atoms with Crippen molar-refractivity contribution in [2.75, 3.05) is 13.7 Å². The fraction of sp³-hybridized carbons (Fsp3) is 0.467. The lowest BCUT2D eigenvalue weighted by Gasteiger charge is -2.26. The van der Waals surface area contributed by atoms with Crippen molar-refractivity contribution in [3.8, 4) is 17.2 Å². The highest BCUT2D eigenvalue weighted by molar-refractivity contribution is 5.96. The number of ether oxygens (including phenoxy) is 3. The third-order valence-corrected chi connectivity index (χ3v) is 8.09. The van der Waals surface area contributed by atoms with Gasteiger partial charge in [-0.15, -0.1) is 0 Å². The Morgan fingerprint density at radius 1 is 1.16 bits per heavy atom. The number of carbonyl (C=O) groups excluding carboxylic acids is 1. The molecule has 8 nitrogen and oxygen atoms in total. The van der Waals surface area contributed by atoms with E-state index < -0.39 is 5.79 Å². The largest absolute Gasteiger partial charge is 0.493 e. The van der Waals surface area contributed by atoms with E-state index >= 15 is 0 Å². The first-order valence-electron chi connectivity index (χ1n) is 13.6. The molecule has 0 spiro atoms. The predicted molar refractivity (Wildman–Crippen MR) is 142 cm³/mol. The van der Waals surface area contributed by atoms with Crippen molar-refractivity contribution in [3.05, 3.63) is 59.9 Å². The van der Waals surface area contributed by atoms with Gasteiger partial charge in [0, 0.05) is 48.8 Å². The number of nitrogens with zero attached hydrogens (tertiary/aromatic N) is 2. The summed E-state index contributed by atoms with van der Waals surface area (Å²) in [7, 11) is 1.56. The maximum atomic E-state index is 14.1. The molecular weight excluding hydrogens is 482 g/mol. The van der Waals surface area contributed by atoms with Crippen molar-refractivity contribution in [1.82, 2.24) is 10.2 Å². The fourth-order valence-corrected chi connectivity index (χ4v) is 6.33. The number of rotatable bonds is 6. The molecule has 2 N–H and O–H groups in total. The summed E-state index contributed by atoms with van der Waals surface area (Å²) in [6.45, 7) is 4.45. The first-order chi connectivity index (χ1) is 18.3. The maximum absolute atomic E-state index is 14.1. The van der Waals surface area contributed by atoms with Crippen LogP contribution in [0, 0.1) is 5.92 Å². The Kier molecular flexibility index (Phi) is 6.30. The van der Waals surface area contributed by atoms with Crippen LogP contribution in [0.3, 0.4) is 0 Å². The highest BCUT2D eigenvalue weighted by atomic mass is 16.7. The van der Waals surface area contributed by atoms with Crippen molar-refractivity contribution in [2.45, 2.75) is 70.4 Å². The van der Waals surface area contributed by atoms with Gasteiger partial charge in [0.2, 0.25) is 17.7 Å². The lowest BCUT2D eigenvalue weighted by molar-refractivity contribution is -0.909. The first-order valence-corrected chi connectivity index (χ1v) is 13.6. The van der Waals surface area contributed by atoms with Crippen molar-refractivity contribution in [2.24, 2.45) is 5.92 Å². The molecule has 3 aliphatic rings. The summed E-state index contributed by atoms with van der Waals surface area (Å²) in [5.41, 5.74) is 1.10. The minimum absolute atomic E-state index is 0.149. The number of hydrogen-bond donors (Lipinski definition) is 2. The SMILES string of the molecule is COc1cc(C(=O)N(Cc2cc3ccccc3c[n+]2O)C[C@@H]2CC3CCCC[C@@H]3N2)cc2c1OC(C)(C)O2. The Morgan fingerprint density at radius 3 is 2.74 bits per heavy atom. The quantitative estimate of drug-likeness (QED) is 0.371. The molecule has 1 aromatic heterocycles. The highest BCUT2D eigenvalue weighted by Crippen LogP contribution is 2.47. The second kappa shape index (κ2) is 9.66. The molecule has 2 aromatic carbocycles. The molecule has 1 saturated carbocycles. The molecule has 2 aliphatic heterocycles. The molecule has 38 heavy (non-hydrogen) atoms. The average Bonchev–Trinajstić information content (AvgIpc) is 3.45. The van der Waals surface area contributed by atoms with Gasteiger partial charge < -0.3 is 24.4 Å². The Morgan fingerprint density at radius 2 is 1.95 bits per heavy atom. The molecule has 3 atom stereocenters. The predicted octanol–water partition coefficient (Wildman–Crippen LogP) is 4.44. The van der Waals surface area contributed by atoms with Gasteiger partial charge >= 0.3 is 0 Å². The van der Waals surface area contributed by atoms with Crippen LogP contribution in [0.5, 0.6) is 17.2 Å². The van der Waals surface area contributed by atoms with Crippen LogP contribution in [0.4, 0.5) is 0 Å². The second-order valence-corrected chi connectivity index (χ2v) is 11.3.